The Morgan fingerprint density at radius 2 is 2.00 bits per heavy atom. The summed E-state index contributed by atoms with van der Waals surface area (Å²) in [4.78, 5) is 15.4. The lowest BCUT2D eigenvalue weighted by atomic mass is 9.59. The Labute approximate surface area is 168 Å². The number of nitrogens with zero attached hydrogens (tertiary/aromatic N) is 1. The Kier molecular flexibility index (Phi) is 5.88. The number of aliphatic hydroxyl groups excluding tert-OH is 2. The average Bonchev–Trinajstić information content (AvgIpc) is 3.12. The van der Waals surface area contributed by atoms with Crippen molar-refractivity contribution in [1.82, 2.24) is 4.90 Å². The van der Waals surface area contributed by atoms with Crippen LogP contribution < -0.4 is 0 Å². The van der Waals surface area contributed by atoms with Crippen LogP contribution in [0.15, 0.2) is 12.2 Å². The van der Waals surface area contributed by atoms with Crippen molar-refractivity contribution in [3.63, 3.8) is 0 Å². The molecule has 0 radical (unpaired) electrons. The molecule has 0 aromatic rings. The highest BCUT2D eigenvalue weighted by Gasteiger charge is 2.66. The molecule has 0 amide bonds. The van der Waals surface area contributed by atoms with Crippen LogP contribution in [0, 0.1) is 23.7 Å². The van der Waals surface area contributed by atoms with Crippen molar-refractivity contribution in [2.75, 3.05) is 6.61 Å². The summed E-state index contributed by atoms with van der Waals surface area (Å²) in [5, 5.41) is 30.6. The minimum absolute atomic E-state index is 0.00597. The van der Waals surface area contributed by atoms with Crippen molar-refractivity contribution >= 4 is 5.97 Å². The maximum absolute atomic E-state index is 13.0. The summed E-state index contributed by atoms with van der Waals surface area (Å²) in [5.41, 5.74) is -0.731. The van der Waals surface area contributed by atoms with Gasteiger partial charge in [0.2, 0.25) is 0 Å². The van der Waals surface area contributed by atoms with Crippen molar-refractivity contribution < 1.29 is 20.1 Å². The molecule has 2 saturated carbocycles. The molecule has 0 bridgehead atoms. The smallest absolute Gasteiger partial charge is 0.324 e. The highest BCUT2D eigenvalue weighted by atomic mass is 16.4. The Balaban J connectivity index is 1.70. The number of piperidine rings is 1. The molecule has 0 spiro atoms. The second-order valence-electron chi connectivity index (χ2n) is 9.69. The van der Waals surface area contributed by atoms with Gasteiger partial charge in [0.25, 0.3) is 0 Å². The third-order valence-electron chi connectivity index (χ3n) is 8.55. The molecule has 4 fully saturated rings. The van der Waals surface area contributed by atoms with Gasteiger partial charge >= 0.3 is 5.97 Å². The van der Waals surface area contributed by atoms with Crippen molar-refractivity contribution in [2.45, 2.75) is 94.9 Å². The maximum Gasteiger partial charge on any atom is 0.324 e. The molecule has 5 heteroatoms. The lowest BCUT2D eigenvalue weighted by Gasteiger charge is -2.58. The zero-order chi connectivity index (χ0) is 19.9. The number of unbranched alkanes of at least 4 members (excludes halogenated alkanes) is 1. The fourth-order valence-electron chi connectivity index (χ4n) is 7.27. The van der Waals surface area contributed by atoms with E-state index in [1.807, 2.05) is 6.08 Å². The number of hydrogen-bond acceptors (Lipinski definition) is 4. The van der Waals surface area contributed by atoms with E-state index in [-0.39, 0.29) is 30.4 Å². The predicted molar refractivity (Wildman–Crippen MR) is 108 cm³/mol. The van der Waals surface area contributed by atoms with Gasteiger partial charge < -0.3 is 15.3 Å². The molecule has 4 rings (SSSR count). The second-order valence-corrected chi connectivity index (χ2v) is 9.69. The number of hydrogen-bond donors (Lipinski definition) is 3. The Hall–Kier alpha value is -0.910. The standard InChI is InChI=1S/C23H37NO4/c1-2-3-6-16-10-11-17-13-19-18(9-5-12-25)21(26)14-20(19)24(17)23(16,22(27)28)15-7-4-8-15/h5,9,15-21,25-26H,2-4,6-8,10-14H2,1H3,(H,27,28)/t16?,17?,18-,19-,20-,21-,23?/m1/s1. The van der Waals surface area contributed by atoms with E-state index in [1.165, 1.54) is 0 Å². The number of aliphatic carboxylic acids is 1. The quantitative estimate of drug-likeness (QED) is 0.581. The van der Waals surface area contributed by atoms with E-state index in [2.05, 4.69) is 11.8 Å². The van der Waals surface area contributed by atoms with E-state index in [0.717, 1.165) is 57.8 Å². The van der Waals surface area contributed by atoms with E-state index in [9.17, 15) is 20.1 Å². The zero-order valence-electron chi connectivity index (χ0n) is 17.2. The van der Waals surface area contributed by atoms with Gasteiger partial charge in [-0.1, -0.05) is 38.3 Å². The van der Waals surface area contributed by atoms with Crippen LogP contribution in [0.5, 0.6) is 0 Å². The topological polar surface area (TPSA) is 81.0 Å². The molecule has 2 aliphatic carbocycles. The number of rotatable bonds is 7. The molecule has 4 aliphatic rings. The van der Waals surface area contributed by atoms with Gasteiger partial charge in [-0.3, -0.25) is 9.69 Å². The Morgan fingerprint density at radius 1 is 1.21 bits per heavy atom. The third kappa shape index (κ3) is 2.96. The molecule has 7 atom stereocenters. The number of carbonyl (C=O) groups is 1. The van der Waals surface area contributed by atoms with Gasteiger partial charge in [0.15, 0.2) is 0 Å². The van der Waals surface area contributed by atoms with Gasteiger partial charge in [-0.2, -0.15) is 0 Å². The summed E-state index contributed by atoms with van der Waals surface area (Å²) in [7, 11) is 0. The van der Waals surface area contributed by atoms with E-state index in [0.29, 0.717) is 18.4 Å². The third-order valence-corrected chi connectivity index (χ3v) is 8.55. The molecular weight excluding hydrogens is 354 g/mol. The minimum atomic E-state index is -0.731. The number of carboxylic acid groups (broad SMARTS) is 1. The molecule has 2 aliphatic heterocycles. The first kappa shape index (κ1) is 20.4. The van der Waals surface area contributed by atoms with Gasteiger partial charge in [-0.25, -0.2) is 0 Å². The fourth-order valence-corrected chi connectivity index (χ4v) is 7.27. The lowest BCUT2D eigenvalue weighted by molar-refractivity contribution is -0.179. The van der Waals surface area contributed by atoms with Gasteiger partial charge in [0, 0.05) is 18.0 Å². The van der Waals surface area contributed by atoms with Crippen LogP contribution in [0.2, 0.25) is 0 Å². The van der Waals surface area contributed by atoms with Crippen LogP contribution in [0.25, 0.3) is 0 Å². The highest BCUT2D eigenvalue weighted by molar-refractivity contribution is 5.80. The second kappa shape index (κ2) is 8.08. The summed E-state index contributed by atoms with van der Waals surface area (Å²) >= 11 is 0. The van der Waals surface area contributed by atoms with Crippen LogP contribution in [0.1, 0.15) is 71.1 Å². The van der Waals surface area contributed by atoms with Crippen molar-refractivity contribution in [3.8, 4) is 0 Å². The Bertz CT molecular complexity index is 603. The normalized spacial score (nSPS) is 43.8. The summed E-state index contributed by atoms with van der Waals surface area (Å²) < 4.78 is 0. The highest BCUT2D eigenvalue weighted by Crippen LogP contribution is 2.59. The summed E-state index contributed by atoms with van der Waals surface area (Å²) in [6, 6.07) is 0.497. The van der Waals surface area contributed by atoms with Gasteiger partial charge in [0.1, 0.15) is 5.54 Å². The van der Waals surface area contributed by atoms with Gasteiger partial charge in [-0.15, -0.1) is 0 Å². The van der Waals surface area contributed by atoms with Gasteiger partial charge in [-0.05, 0) is 62.7 Å². The predicted octanol–water partition coefficient (Wildman–Crippen LogP) is 3.20. The summed E-state index contributed by atoms with van der Waals surface area (Å²) in [5.74, 6) is 0.246. The largest absolute Gasteiger partial charge is 0.480 e. The zero-order valence-corrected chi connectivity index (χ0v) is 17.2. The lowest BCUT2D eigenvalue weighted by Crippen LogP contribution is -2.70. The van der Waals surface area contributed by atoms with E-state index < -0.39 is 17.6 Å². The molecule has 0 aromatic carbocycles. The molecule has 28 heavy (non-hydrogen) atoms. The van der Waals surface area contributed by atoms with Crippen LogP contribution in [-0.4, -0.2) is 56.5 Å². The monoisotopic (exact) mass is 391 g/mol. The first-order valence-electron chi connectivity index (χ1n) is 11.5. The van der Waals surface area contributed by atoms with Crippen molar-refractivity contribution in [1.29, 1.82) is 0 Å². The average molecular weight is 392 g/mol. The van der Waals surface area contributed by atoms with Crippen molar-refractivity contribution in [3.05, 3.63) is 12.2 Å². The molecule has 3 N–H and O–H groups in total. The van der Waals surface area contributed by atoms with Gasteiger partial charge in [0.05, 0.1) is 12.7 Å². The first-order chi connectivity index (χ1) is 13.6. The number of fused-ring (bicyclic) bond motifs is 3. The molecule has 0 aromatic heterocycles. The van der Waals surface area contributed by atoms with E-state index >= 15 is 0 Å². The molecule has 2 heterocycles. The van der Waals surface area contributed by atoms with Crippen LogP contribution in [0.3, 0.4) is 0 Å². The summed E-state index contributed by atoms with van der Waals surface area (Å²) in [6.45, 7) is 2.18. The fraction of sp³-hybridized carbons (Fsp3) is 0.870. The van der Waals surface area contributed by atoms with Crippen LogP contribution >= 0.6 is 0 Å². The van der Waals surface area contributed by atoms with Crippen LogP contribution in [-0.2, 0) is 4.79 Å². The van der Waals surface area contributed by atoms with E-state index in [4.69, 9.17) is 0 Å². The van der Waals surface area contributed by atoms with Crippen LogP contribution in [0.4, 0.5) is 0 Å². The SMILES string of the molecule is CCCCC1CCC2C[C@@H]3[C@@H](C=CCO)[C@H](O)C[C@H]3N2C1(C(=O)O)C1CCC1. The number of carboxylic acids is 1. The first-order valence-corrected chi connectivity index (χ1v) is 11.5. The molecular formula is C23H37NO4. The Morgan fingerprint density at radius 3 is 2.61 bits per heavy atom. The molecule has 158 valence electrons. The maximum atomic E-state index is 13.0. The summed E-state index contributed by atoms with van der Waals surface area (Å²) in [6.07, 6.45) is 13.5. The van der Waals surface area contributed by atoms with Crippen molar-refractivity contribution in [2.24, 2.45) is 23.7 Å². The molecule has 3 unspecified atom stereocenters. The number of aliphatic hydroxyl groups is 2. The minimum Gasteiger partial charge on any atom is -0.480 e. The molecule has 2 saturated heterocycles. The molecule has 5 nitrogen and oxygen atoms in total. The van der Waals surface area contributed by atoms with E-state index in [1.54, 1.807) is 6.08 Å².